The first-order chi connectivity index (χ1) is 6.32. The van der Waals surface area contributed by atoms with Gasteiger partial charge in [0.1, 0.15) is 5.82 Å². The zero-order valence-electron chi connectivity index (χ0n) is 6.44. The van der Waals surface area contributed by atoms with E-state index in [1.54, 1.807) is 0 Å². The van der Waals surface area contributed by atoms with E-state index in [2.05, 4.69) is 0 Å². The lowest BCUT2D eigenvalue weighted by molar-refractivity contribution is -0.137. The van der Waals surface area contributed by atoms with E-state index in [0.717, 1.165) is 6.07 Å². The van der Waals surface area contributed by atoms with E-state index < -0.39 is 32.5 Å². The number of alkyl halides is 3. The van der Waals surface area contributed by atoms with E-state index in [-0.39, 0.29) is 6.07 Å². The molecule has 0 fully saturated rings. The minimum absolute atomic E-state index is 0.260. The van der Waals surface area contributed by atoms with Crippen LogP contribution in [0.3, 0.4) is 0 Å². The highest BCUT2D eigenvalue weighted by Crippen LogP contribution is 2.30. The van der Waals surface area contributed by atoms with Crippen molar-refractivity contribution in [3.8, 4) is 0 Å². The molecule has 1 aromatic rings. The molecule has 0 saturated heterocycles. The van der Waals surface area contributed by atoms with E-state index >= 15 is 0 Å². The van der Waals surface area contributed by atoms with Gasteiger partial charge in [0.15, 0.2) is 10.0 Å². The third-order valence-corrected chi connectivity index (χ3v) is 2.61. The SMILES string of the molecule is O=S(Cl)c1ccc(C(F)(F)F)cc1F. The summed E-state index contributed by atoms with van der Waals surface area (Å²) in [4.78, 5) is -0.459. The highest BCUT2D eigenvalue weighted by Gasteiger charge is 2.31. The van der Waals surface area contributed by atoms with Gasteiger partial charge in [0, 0.05) is 0 Å². The molecule has 0 amide bonds. The van der Waals surface area contributed by atoms with Crippen LogP contribution in [0.2, 0.25) is 0 Å². The Balaban J connectivity index is 3.20. The molecule has 0 radical (unpaired) electrons. The Labute approximate surface area is 83.6 Å². The van der Waals surface area contributed by atoms with Crippen molar-refractivity contribution in [2.24, 2.45) is 0 Å². The van der Waals surface area contributed by atoms with Gasteiger partial charge in [-0.2, -0.15) is 13.2 Å². The topological polar surface area (TPSA) is 17.1 Å². The van der Waals surface area contributed by atoms with Gasteiger partial charge < -0.3 is 0 Å². The predicted octanol–water partition coefficient (Wildman–Crippen LogP) is 3.11. The van der Waals surface area contributed by atoms with Crippen LogP contribution in [0.15, 0.2) is 23.1 Å². The first kappa shape index (κ1) is 11.5. The Kier molecular flexibility index (Phi) is 3.16. The van der Waals surface area contributed by atoms with Crippen molar-refractivity contribution in [1.29, 1.82) is 0 Å². The largest absolute Gasteiger partial charge is 0.416 e. The molecule has 0 aliphatic carbocycles. The summed E-state index contributed by atoms with van der Waals surface area (Å²) in [5.41, 5.74) is -1.14. The number of benzene rings is 1. The van der Waals surface area contributed by atoms with Crippen molar-refractivity contribution >= 4 is 20.7 Å². The summed E-state index contributed by atoms with van der Waals surface area (Å²) in [5.74, 6) is -1.23. The van der Waals surface area contributed by atoms with Crippen LogP contribution in [0, 0.1) is 5.82 Å². The molecular formula is C7H3ClF4OS. The zero-order chi connectivity index (χ0) is 10.9. The summed E-state index contributed by atoms with van der Waals surface area (Å²) in [5, 5.41) is 0. The molecule has 0 heterocycles. The zero-order valence-corrected chi connectivity index (χ0v) is 8.01. The molecule has 1 nitrogen and oxygen atoms in total. The van der Waals surface area contributed by atoms with Gasteiger partial charge >= 0.3 is 6.18 Å². The van der Waals surface area contributed by atoms with E-state index in [4.69, 9.17) is 10.7 Å². The molecule has 0 aromatic heterocycles. The molecule has 14 heavy (non-hydrogen) atoms. The summed E-state index contributed by atoms with van der Waals surface area (Å²) in [7, 11) is 2.88. The Bertz CT molecular complexity index is 376. The van der Waals surface area contributed by atoms with Crippen LogP contribution in [0.1, 0.15) is 5.56 Å². The third kappa shape index (κ3) is 2.45. The quantitative estimate of drug-likeness (QED) is 0.550. The summed E-state index contributed by atoms with van der Waals surface area (Å²) in [6.45, 7) is 0. The Morgan fingerprint density at radius 1 is 1.29 bits per heavy atom. The first-order valence-corrected chi connectivity index (χ1v) is 5.25. The van der Waals surface area contributed by atoms with Crippen molar-refractivity contribution in [2.75, 3.05) is 0 Å². The molecule has 78 valence electrons. The van der Waals surface area contributed by atoms with Gasteiger partial charge in [0.25, 0.3) is 0 Å². The van der Waals surface area contributed by atoms with Crippen molar-refractivity contribution in [2.45, 2.75) is 11.1 Å². The van der Waals surface area contributed by atoms with Gasteiger partial charge in [-0.1, -0.05) is 0 Å². The van der Waals surface area contributed by atoms with Crippen LogP contribution in [0.5, 0.6) is 0 Å². The monoisotopic (exact) mass is 246 g/mol. The molecule has 0 spiro atoms. The molecule has 7 heteroatoms. The van der Waals surface area contributed by atoms with Gasteiger partial charge in [-0.3, -0.25) is 0 Å². The average Bonchev–Trinajstić information content (AvgIpc) is 2.01. The molecular weight excluding hydrogens is 244 g/mol. The van der Waals surface area contributed by atoms with E-state index in [1.807, 2.05) is 0 Å². The fourth-order valence-electron chi connectivity index (χ4n) is 0.807. The standard InChI is InChI=1S/C7H3ClF4OS/c8-14(13)6-2-1-4(3-5(6)9)7(10,11)12/h1-3H. The highest BCUT2D eigenvalue weighted by molar-refractivity contribution is 8.08. The van der Waals surface area contributed by atoms with Gasteiger partial charge in [0.05, 0.1) is 10.5 Å². The van der Waals surface area contributed by atoms with Gasteiger partial charge in [-0.15, -0.1) is 0 Å². The molecule has 0 N–H and O–H groups in total. The van der Waals surface area contributed by atoms with Crippen molar-refractivity contribution in [3.05, 3.63) is 29.6 Å². The van der Waals surface area contributed by atoms with Crippen LogP contribution >= 0.6 is 10.7 Å². The maximum Gasteiger partial charge on any atom is 0.416 e. The maximum atomic E-state index is 12.9. The fraction of sp³-hybridized carbons (Fsp3) is 0.143. The van der Waals surface area contributed by atoms with Gasteiger partial charge in [0.2, 0.25) is 0 Å². The number of halogens is 5. The number of rotatable bonds is 1. The van der Waals surface area contributed by atoms with Crippen molar-refractivity contribution in [1.82, 2.24) is 0 Å². The summed E-state index contributed by atoms with van der Waals surface area (Å²) in [6.07, 6.45) is -4.62. The molecule has 1 rings (SSSR count). The second-order valence-corrected chi connectivity index (χ2v) is 4.09. The second-order valence-electron chi connectivity index (χ2n) is 2.37. The van der Waals surface area contributed by atoms with Gasteiger partial charge in [-0.05, 0) is 28.9 Å². The fourth-order valence-corrected chi connectivity index (χ4v) is 1.57. The number of hydrogen-bond donors (Lipinski definition) is 0. The molecule has 1 unspecified atom stereocenters. The van der Waals surface area contributed by atoms with Crippen LogP contribution in [-0.2, 0) is 16.2 Å². The Morgan fingerprint density at radius 2 is 1.86 bits per heavy atom. The van der Waals surface area contributed by atoms with Crippen molar-refractivity contribution < 1.29 is 21.8 Å². The maximum absolute atomic E-state index is 12.9. The van der Waals surface area contributed by atoms with E-state index in [1.165, 1.54) is 0 Å². The van der Waals surface area contributed by atoms with Crippen LogP contribution in [0.4, 0.5) is 17.6 Å². The first-order valence-electron chi connectivity index (χ1n) is 3.27. The predicted molar refractivity (Wildman–Crippen MR) is 43.7 cm³/mol. The smallest absolute Gasteiger partial charge is 0.237 e. The second kappa shape index (κ2) is 3.86. The third-order valence-electron chi connectivity index (χ3n) is 1.43. The summed E-state index contributed by atoms with van der Waals surface area (Å²) >= 11 is 0. The minimum Gasteiger partial charge on any atom is -0.237 e. The molecule has 0 aliphatic rings. The average molecular weight is 247 g/mol. The minimum atomic E-state index is -4.62. The van der Waals surface area contributed by atoms with E-state index in [9.17, 15) is 21.8 Å². The lowest BCUT2D eigenvalue weighted by atomic mass is 10.2. The molecule has 1 aromatic carbocycles. The number of hydrogen-bond acceptors (Lipinski definition) is 1. The Hall–Kier alpha value is -0.620. The Morgan fingerprint density at radius 3 is 2.21 bits per heavy atom. The normalized spacial score (nSPS) is 14.1. The molecule has 0 bridgehead atoms. The van der Waals surface area contributed by atoms with Crippen molar-refractivity contribution in [3.63, 3.8) is 0 Å². The molecule has 0 aliphatic heterocycles. The molecule has 0 saturated carbocycles. The summed E-state index contributed by atoms with van der Waals surface area (Å²) in [6, 6.07) is 1.63. The van der Waals surface area contributed by atoms with Crippen LogP contribution in [0.25, 0.3) is 0 Å². The summed E-state index contributed by atoms with van der Waals surface area (Å²) < 4.78 is 59.5. The lowest BCUT2D eigenvalue weighted by Crippen LogP contribution is -2.06. The lowest BCUT2D eigenvalue weighted by Gasteiger charge is -2.06. The van der Waals surface area contributed by atoms with E-state index in [0.29, 0.717) is 6.07 Å². The van der Waals surface area contributed by atoms with Crippen LogP contribution < -0.4 is 0 Å². The molecule has 1 atom stereocenters. The highest BCUT2D eigenvalue weighted by atomic mass is 35.7. The van der Waals surface area contributed by atoms with Gasteiger partial charge in [-0.25, -0.2) is 8.60 Å². The van der Waals surface area contributed by atoms with Crippen LogP contribution in [-0.4, -0.2) is 4.21 Å².